The van der Waals surface area contributed by atoms with E-state index < -0.39 is 5.91 Å². The van der Waals surface area contributed by atoms with Gasteiger partial charge in [0, 0.05) is 16.5 Å². The normalized spacial score (nSPS) is 10.6. The molecule has 4 nitrogen and oxygen atoms in total. The number of benzene rings is 2. The number of carbonyl (C=O) groups is 1. The minimum atomic E-state index is -0.528. The third-order valence-corrected chi connectivity index (χ3v) is 3.75. The summed E-state index contributed by atoms with van der Waals surface area (Å²) < 4.78 is 5.47. The van der Waals surface area contributed by atoms with E-state index in [-0.39, 0.29) is 0 Å². The second-order valence-electron chi connectivity index (χ2n) is 5.04. The quantitative estimate of drug-likeness (QED) is 0.805. The maximum Gasteiger partial charge on any atom is 0.267 e. The van der Waals surface area contributed by atoms with Crippen LogP contribution in [0, 0.1) is 6.92 Å². The van der Waals surface area contributed by atoms with Gasteiger partial charge in [-0.2, -0.15) is 0 Å². The summed E-state index contributed by atoms with van der Waals surface area (Å²) in [5, 5.41) is 0.967. The molecule has 0 aliphatic carbocycles. The highest BCUT2D eigenvalue weighted by atomic mass is 16.5. The molecule has 2 aromatic carbocycles. The van der Waals surface area contributed by atoms with Crippen molar-refractivity contribution < 1.29 is 9.53 Å². The van der Waals surface area contributed by atoms with E-state index in [9.17, 15) is 4.79 Å². The number of amides is 1. The molecule has 0 atom stereocenters. The number of carbonyl (C=O) groups excluding carboxylic acids is 1. The molecular weight excluding hydrogens is 276 g/mol. The van der Waals surface area contributed by atoms with E-state index in [1.807, 2.05) is 55.5 Å². The van der Waals surface area contributed by atoms with Crippen LogP contribution in [0.15, 0.2) is 48.5 Å². The lowest BCUT2D eigenvalue weighted by atomic mass is 9.94. The fourth-order valence-corrected chi connectivity index (χ4v) is 2.75. The standard InChI is InChI=1S/C18H16N2O2/c1-11-16(13-8-4-6-10-15(13)22-2)12-7-3-5-9-14(12)20-17(11)18(19)21/h3-10H,1-2H3,(H2,19,21). The third kappa shape index (κ3) is 2.19. The Balaban J connectivity index is 2.46. The van der Waals surface area contributed by atoms with Crippen molar-refractivity contribution >= 4 is 16.8 Å². The molecule has 3 rings (SSSR count). The minimum absolute atomic E-state index is 0.291. The molecular formula is C18H16N2O2. The van der Waals surface area contributed by atoms with Crippen molar-refractivity contribution in [2.75, 3.05) is 7.11 Å². The first-order chi connectivity index (χ1) is 10.6. The minimum Gasteiger partial charge on any atom is -0.496 e. The Labute approximate surface area is 128 Å². The molecule has 0 fully saturated rings. The average Bonchev–Trinajstić information content (AvgIpc) is 2.54. The molecule has 0 saturated heterocycles. The van der Waals surface area contributed by atoms with Gasteiger partial charge in [-0.25, -0.2) is 4.98 Å². The van der Waals surface area contributed by atoms with Crippen LogP contribution in [0.3, 0.4) is 0 Å². The van der Waals surface area contributed by atoms with E-state index >= 15 is 0 Å². The summed E-state index contributed by atoms with van der Waals surface area (Å²) >= 11 is 0. The summed E-state index contributed by atoms with van der Waals surface area (Å²) in [6.45, 7) is 1.86. The van der Waals surface area contributed by atoms with E-state index in [1.54, 1.807) is 7.11 Å². The number of hydrogen-bond donors (Lipinski definition) is 1. The van der Waals surface area contributed by atoms with Gasteiger partial charge in [-0.3, -0.25) is 4.79 Å². The van der Waals surface area contributed by atoms with E-state index in [2.05, 4.69) is 4.98 Å². The van der Waals surface area contributed by atoms with Gasteiger partial charge in [0.1, 0.15) is 11.4 Å². The molecule has 3 aromatic rings. The molecule has 0 spiro atoms. The Morgan fingerprint density at radius 2 is 1.77 bits per heavy atom. The first kappa shape index (κ1) is 14.1. The van der Waals surface area contributed by atoms with Gasteiger partial charge >= 0.3 is 0 Å². The second-order valence-corrected chi connectivity index (χ2v) is 5.04. The highest BCUT2D eigenvalue weighted by Crippen LogP contribution is 2.37. The first-order valence-electron chi connectivity index (χ1n) is 6.96. The Morgan fingerprint density at radius 3 is 2.50 bits per heavy atom. The highest BCUT2D eigenvalue weighted by molar-refractivity contribution is 6.03. The Morgan fingerprint density at radius 1 is 1.09 bits per heavy atom. The summed E-state index contributed by atoms with van der Waals surface area (Å²) in [5.74, 6) is 0.219. The lowest BCUT2D eigenvalue weighted by Gasteiger charge is -2.15. The number of para-hydroxylation sites is 2. The third-order valence-electron chi connectivity index (χ3n) is 3.75. The van der Waals surface area contributed by atoms with Gasteiger partial charge in [-0.05, 0) is 24.6 Å². The van der Waals surface area contributed by atoms with E-state index in [0.717, 1.165) is 33.3 Å². The predicted molar refractivity (Wildman–Crippen MR) is 87.0 cm³/mol. The molecule has 1 heterocycles. The Hall–Kier alpha value is -2.88. The number of hydrogen-bond acceptors (Lipinski definition) is 3. The average molecular weight is 292 g/mol. The van der Waals surface area contributed by atoms with Crippen LogP contribution in [-0.2, 0) is 0 Å². The van der Waals surface area contributed by atoms with E-state index in [1.165, 1.54) is 0 Å². The monoisotopic (exact) mass is 292 g/mol. The molecule has 0 aliphatic rings. The lowest BCUT2D eigenvalue weighted by Crippen LogP contribution is -2.15. The van der Waals surface area contributed by atoms with Crippen molar-refractivity contribution in [3.63, 3.8) is 0 Å². The molecule has 2 N–H and O–H groups in total. The van der Waals surface area contributed by atoms with Crippen molar-refractivity contribution in [1.82, 2.24) is 4.98 Å². The molecule has 0 bridgehead atoms. The van der Waals surface area contributed by atoms with Crippen molar-refractivity contribution in [3.05, 3.63) is 59.8 Å². The fourth-order valence-electron chi connectivity index (χ4n) is 2.75. The van der Waals surface area contributed by atoms with E-state index in [4.69, 9.17) is 10.5 Å². The van der Waals surface area contributed by atoms with Crippen molar-refractivity contribution in [3.8, 4) is 16.9 Å². The van der Waals surface area contributed by atoms with Gasteiger partial charge in [0.2, 0.25) is 0 Å². The van der Waals surface area contributed by atoms with Crippen LogP contribution in [0.25, 0.3) is 22.0 Å². The van der Waals surface area contributed by atoms with Crippen LogP contribution in [0.1, 0.15) is 16.1 Å². The van der Waals surface area contributed by atoms with Gasteiger partial charge in [-0.15, -0.1) is 0 Å². The van der Waals surface area contributed by atoms with E-state index in [0.29, 0.717) is 5.69 Å². The smallest absolute Gasteiger partial charge is 0.267 e. The fraction of sp³-hybridized carbons (Fsp3) is 0.111. The summed E-state index contributed by atoms with van der Waals surface area (Å²) in [6.07, 6.45) is 0. The number of nitrogens with two attached hydrogens (primary N) is 1. The van der Waals surface area contributed by atoms with Gasteiger partial charge < -0.3 is 10.5 Å². The predicted octanol–water partition coefficient (Wildman–Crippen LogP) is 3.32. The van der Waals surface area contributed by atoms with Crippen molar-refractivity contribution in [2.24, 2.45) is 5.73 Å². The Bertz CT molecular complexity index is 872. The van der Waals surface area contributed by atoms with Gasteiger partial charge in [-0.1, -0.05) is 36.4 Å². The number of primary amides is 1. The lowest BCUT2D eigenvalue weighted by molar-refractivity contribution is 0.0995. The topological polar surface area (TPSA) is 65.2 Å². The number of fused-ring (bicyclic) bond motifs is 1. The number of pyridine rings is 1. The maximum atomic E-state index is 11.7. The molecule has 110 valence electrons. The summed E-state index contributed by atoms with van der Waals surface area (Å²) in [7, 11) is 1.63. The number of nitrogens with zero attached hydrogens (tertiary/aromatic N) is 1. The molecule has 1 aromatic heterocycles. The zero-order chi connectivity index (χ0) is 15.7. The van der Waals surface area contributed by atoms with Crippen LogP contribution in [0.5, 0.6) is 5.75 Å². The number of rotatable bonds is 3. The van der Waals surface area contributed by atoms with Gasteiger partial charge in [0.15, 0.2) is 0 Å². The maximum absolute atomic E-state index is 11.7. The molecule has 1 amide bonds. The largest absolute Gasteiger partial charge is 0.496 e. The number of methoxy groups -OCH3 is 1. The van der Waals surface area contributed by atoms with Crippen LogP contribution in [0.4, 0.5) is 0 Å². The molecule has 0 unspecified atom stereocenters. The first-order valence-corrected chi connectivity index (χ1v) is 6.96. The van der Waals surface area contributed by atoms with Crippen LogP contribution < -0.4 is 10.5 Å². The summed E-state index contributed by atoms with van der Waals surface area (Å²) in [5.41, 5.74) is 9.13. The van der Waals surface area contributed by atoms with Gasteiger partial charge in [0.05, 0.1) is 12.6 Å². The van der Waals surface area contributed by atoms with Crippen LogP contribution in [0.2, 0.25) is 0 Å². The van der Waals surface area contributed by atoms with Crippen LogP contribution in [-0.4, -0.2) is 18.0 Å². The number of aromatic nitrogens is 1. The van der Waals surface area contributed by atoms with Gasteiger partial charge in [0.25, 0.3) is 5.91 Å². The SMILES string of the molecule is COc1ccccc1-c1c(C)c(C(N)=O)nc2ccccc12. The molecule has 4 heteroatoms. The summed E-state index contributed by atoms with van der Waals surface area (Å²) in [4.78, 5) is 16.1. The van der Waals surface area contributed by atoms with Crippen LogP contribution >= 0.6 is 0 Å². The highest BCUT2D eigenvalue weighted by Gasteiger charge is 2.18. The van der Waals surface area contributed by atoms with Crippen molar-refractivity contribution in [2.45, 2.75) is 6.92 Å². The molecule has 0 radical (unpaired) electrons. The zero-order valence-corrected chi connectivity index (χ0v) is 12.5. The molecule has 0 aliphatic heterocycles. The molecule has 0 saturated carbocycles. The van der Waals surface area contributed by atoms with Crippen molar-refractivity contribution in [1.29, 1.82) is 0 Å². The molecule has 22 heavy (non-hydrogen) atoms. The zero-order valence-electron chi connectivity index (χ0n) is 12.5. The second kappa shape index (κ2) is 5.48. The number of ether oxygens (including phenoxy) is 1. The summed E-state index contributed by atoms with van der Waals surface area (Å²) in [6, 6.07) is 15.4. The Kier molecular flexibility index (Phi) is 3.51.